The lowest BCUT2D eigenvalue weighted by Gasteiger charge is -2.19. The highest BCUT2D eigenvalue weighted by Gasteiger charge is 2.28. The molecular formula is C13H18N4O3. The van der Waals surface area contributed by atoms with Crippen LogP contribution >= 0.6 is 0 Å². The summed E-state index contributed by atoms with van der Waals surface area (Å²) >= 11 is 0. The van der Waals surface area contributed by atoms with Crippen molar-refractivity contribution in [2.75, 3.05) is 13.2 Å². The van der Waals surface area contributed by atoms with Crippen LogP contribution in [0, 0.1) is 0 Å². The number of aromatic amines is 1. The standard InChI is InChI=1S/C13H18N4O3/c1-3-7-19-8-13(2,14)12-16-11(20-17-12)9-5-4-6-10(18)15-9/h4-6H,3,7-8,14H2,1-2H3,(H,15,18). The van der Waals surface area contributed by atoms with Gasteiger partial charge in [0.1, 0.15) is 11.2 Å². The minimum absolute atomic E-state index is 0.227. The monoisotopic (exact) mass is 278 g/mol. The maximum atomic E-state index is 11.3. The Bertz CT molecular complexity index is 618. The van der Waals surface area contributed by atoms with Crippen LogP contribution in [0.2, 0.25) is 0 Å². The second-order valence-corrected chi connectivity index (χ2v) is 4.82. The first kappa shape index (κ1) is 14.4. The van der Waals surface area contributed by atoms with Gasteiger partial charge in [0.05, 0.1) is 6.61 Å². The highest BCUT2D eigenvalue weighted by Crippen LogP contribution is 2.19. The van der Waals surface area contributed by atoms with Gasteiger partial charge >= 0.3 is 0 Å². The van der Waals surface area contributed by atoms with Gasteiger partial charge in [0, 0.05) is 12.7 Å². The molecule has 0 bridgehead atoms. The number of rotatable bonds is 6. The van der Waals surface area contributed by atoms with Crippen molar-refractivity contribution < 1.29 is 9.26 Å². The molecule has 2 aromatic heterocycles. The minimum atomic E-state index is -0.841. The minimum Gasteiger partial charge on any atom is -0.379 e. The van der Waals surface area contributed by atoms with E-state index in [1.165, 1.54) is 6.07 Å². The maximum Gasteiger partial charge on any atom is 0.274 e. The Morgan fingerprint density at radius 3 is 3.00 bits per heavy atom. The average Bonchev–Trinajstić information content (AvgIpc) is 2.89. The smallest absolute Gasteiger partial charge is 0.274 e. The fourth-order valence-electron chi connectivity index (χ4n) is 1.63. The van der Waals surface area contributed by atoms with Gasteiger partial charge in [-0.05, 0) is 19.4 Å². The third kappa shape index (κ3) is 3.31. The lowest BCUT2D eigenvalue weighted by Crippen LogP contribution is -2.39. The van der Waals surface area contributed by atoms with E-state index in [2.05, 4.69) is 15.1 Å². The van der Waals surface area contributed by atoms with Crippen molar-refractivity contribution in [3.8, 4) is 11.6 Å². The Labute approximate surface area is 116 Å². The van der Waals surface area contributed by atoms with Crippen LogP contribution in [0.1, 0.15) is 26.1 Å². The van der Waals surface area contributed by atoms with Gasteiger partial charge in [-0.3, -0.25) is 4.79 Å². The van der Waals surface area contributed by atoms with Crippen molar-refractivity contribution >= 4 is 0 Å². The Morgan fingerprint density at radius 1 is 1.50 bits per heavy atom. The first-order chi connectivity index (χ1) is 9.53. The lowest BCUT2D eigenvalue weighted by molar-refractivity contribution is 0.0867. The van der Waals surface area contributed by atoms with Crippen molar-refractivity contribution in [2.24, 2.45) is 5.73 Å². The van der Waals surface area contributed by atoms with Crippen LogP contribution < -0.4 is 11.3 Å². The van der Waals surface area contributed by atoms with Crippen molar-refractivity contribution in [1.29, 1.82) is 0 Å². The molecule has 0 aromatic carbocycles. The van der Waals surface area contributed by atoms with Crippen LogP contribution in [0.3, 0.4) is 0 Å². The van der Waals surface area contributed by atoms with E-state index in [1.54, 1.807) is 19.1 Å². The summed E-state index contributed by atoms with van der Waals surface area (Å²) in [6, 6.07) is 4.70. The summed E-state index contributed by atoms with van der Waals surface area (Å²) in [4.78, 5) is 18.1. The second kappa shape index (κ2) is 5.98. The van der Waals surface area contributed by atoms with Gasteiger partial charge in [0.15, 0.2) is 5.82 Å². The van der Waals surface area contributed by atoms with Crippen molar-refractivity contribution in [2.45, 2.75) is 25.8 Å². The van der Waals surface area contributed by atoms with Crippen molar-refractivity contribution in [1.82, 2.24) is 15.1 Å². The predicted molar refractivity (Wildman–Crippen MR) is 73.0 cm³/mol. The highest BCUT2D eigenvalue weighted by molar-refractivity contribution is 5.45. The SMILES string of the molecule is CCCOCC(C)(N)c1noc(-c2cccc(=O)[nH]2)n1. The van der Waals surface area contributed by atoms with E-state index in [-0.39, 0.29) is 11.4 Å². The number of pyridine rings is 1. The molecule has 0 aliphatic rings. The Balaban J connectivity index is 2.18. The van der Waals surface area contributed by atoms with Gasteiger partial charge in [-0.15, -0.1) is 0 Å². The van der Waals surface area contributed by atoms with E-state index in [9.17, 15) is 4.79 Å². The lowest BCUT2D eigenvalue weighted by atomic mass is 10.1. The maximum absolute atomic E-state index is 11.3. The normalized spacial score (nSPS) is 14.2. The Hall–Kier alpha value is -1.99. The summed E-state index contributed by atoms with van der Waals surface area (Å²) < 4.78 is 10.6. The molecule has 7 heteroatoms. The van der Waals surface area contributed by atoms with Crippen LogP contribution in [0.4, 0.5) is 0 Å². The van der Waals surface area contributed by atoms with E-state index < -0.39 is 5.54 Å². The van der Waals surface area contributed by atoms with Crippen LogP contribution in [-0.2, 0) is 10.3 Å². The molecule has 1 unspecified atom stereocenters. The number of ether oxygens (including phenoxy) is 1. The van der Waals surface area contributed by atoms with Crippen LogP contribution in [0.25, 0.3) is 11.6 Å². The number of nitrogens with zero attached hydrogens (tertiary/aromatic N) is 2. The van der Waals surface area contributed by atoms with E-state index in [4.69, 9.17) is 15.0 Å². The van der Waals surface area contributed by atoms with Crippen LogP contribution in [-0.4, -0.2) is 28.3 Å². The number of H-pyrrole nitrogens is 1. The summed E-state index contributed by atoms with van der Waals surface area (Å²) in [6.45, 7) is 4.71. The zero-order valence-electron chi connectivity index (χ0n) is 11.5. The van der Waals surface area contributed by atoms with E-state index in [1.807, 2.05) is 6.92 Å². The topological polar surface area (TPSA) is 107 Å². The molecule has 2 rings (SSSR count). The average molecular weight is 278 g/mol. The molecule has 0 amide bonds. The van der Waals surface area contributed by atoms with Gasteiger partial charge in [0.25, 0.3) is 5.89 Å². The van der Waals surface area contributed by atoms with E-state index in [0.29, 0.717) is 24.7 Å². The summed E-state index contributed by atoms with van der Waals surface area (Å²) in [7, 11) is 0. The molecule has 7 nitrogen and oxygen atoms in total. The highest BCUT2D eigenvalue weighted by atomic mass is 16.5. The van der Waals surface area contributed by atoms with Gasteiger partial charge in [-0.2, -0.15) is 4.98 Å². The fraction of sp³-hybridized carbons (Fsp3) is 0.462. The Kier molecular flexibility index (Phi) is 4.31. The molecule has 0 saturated heterocycles. The van der Waals surface area contributed by atoms with E-state index >= 15 is 0 Å². The predicted octanol–water partition coefficient (Wildman–Crippen LogP) is 1.03. The van der Waals surface area contributed by atoms with Crippen LogP contribution in [0.5, 0.6) is 0 Å². The molecule has 0 aliphatic carbocycles. The molecule has 2 aromatic rings. The number of hydrogen-bond acceptors (Lipinski definition) is 6. The molecule has 1 atom stereocenters. The first-order valence-electron chi connectivity index (χ1n) is 6.43. The summed E-state index contributed by atoms with van der Waals surface area (Å²) in [5, 5.41) is 3.86. The largest absolute Gasteiger partial charge is 0.379 e. The molecule has 0 aliphatic heterocycles. The van der Waals surface area contributed by atoms with Gasteiger partial charge in [-0.25, -0.2) is 0 Å². The van der Waals surface area contributed by atoms with Gasteiger partial charge in [-0.1, -0.05) is 18.1 Å². The van der Waals surface area contributed by atoms with Crippen molar-refractivity contribution in [3.05, 3.63) is 34.4 Å². The van der Waals surface area contributed by atoms with E-state index in [0.717, 1.165) is 6.42 Å². The van der Waals surface area contributed by atoms with Crippen LogP contribution in [0.15, 0.2) is 27.5 Å². The zero-order valence-corrected chi connectivity index (χ0v) is 11.5. The molecule has 0 fully saturated rings. The molecular weight excluding hydrogens is 260 g/mol. The number of hydrogen-bond donors (Lipinski definition) is 2. The molecule has 2 heterocycles. The molecule has 0 spiro atoms. The Morgan fingerprint density at radius 2 is 2.30 bits per heavy atom. The molecule has 3 N–H and O–H groups in total. The zero-order chi connectivity index (χ0) is 14.6. The third-order valence-electron chi connectivity index (χ3n) is 2.69. The van der Waals surface area contributed by atoms with Crippen molar-refractivity contribution in [3.63, 3.8) is 0 Å². The summed E-state index contributed by atoms with van der Waals surface area (Å²) in [5.41, 5.74) is 5.50. The molecule has 20 heavy (non-hydrogen) atoms. The first-order valence-corrected chi connectivity index (χ1v) is 6.43. The molecule has 108 valence electrons. The molecule has 0 saturated carbocycles. The van der Waals surface area contributed by atoms with Gasteiger partial charge in [0.2, 0.25) is 5.56 Å². The number of aromatic nitrogens is 3. The number of nitrogens with one attached hydrogen (secondary N) is 1. The summed E-state index contributed by atoms with van der Waals surface area (Å²) in [6.07, 6.45) is 0.916. The molecule has 0 radical (unpaired) electrons. The third-order valence-corrected chi connectivity index (χ3v) is 2.69. The summed E-state index contributed by atoms with van der Waals surface area (Å²) in [5.74, 6) is 0.568. The number of nitrogens with two attached hydrogens (primary N) is 1. The fourth-order valence-corrected chi connectivity index (χ4v) is 1.63. The second-order valence-electron chi connectivity index (χ2n) is 4.82. The quantitative estimate of drug-likeness (QED) is 0.764. The van der Waals surface area contributed by atoms with Gasteiger partial charge < -0.3 is 20.0 Å².